The molecule has 0 bridgehead atoms. The Morgan fingerprint density at radius 1 is 1.41 bits per heavy atom. The Balaban J connectivity index is 1.41. The molecular weight excluding hydrogens is 296 g/mol. The molecule has 0 aromatic carbocycles. The first-order valence-electron chi connectivity index (χ1n) is 8.02. The van der Waals surface area contributed by atoms with Crippen LogP contribution in [0.25, 0.3) is 0 Å². The normalized spacial score (nSPS) is 28.9. The van der Waals surface area contributed by atoms with Crippen LogP contribution in [0.5, 0.6) is 0 Å². The van der Waals surface area contributed by atoms with E-state index in [1.165, 1.54) is 21.9 Å². The molecule has 4 nitrogen and oxygen atoms in total. The van der Waals surface area contributed by atoms with Crippen LogP contribution >= 0.6 is 11.3 Å². The van der Waals surface area contributed by atoms with Gasteiger partial charge in [0, 0.05) is 23.5 Å². The van der Waals surface area contributed by atoms with Gasteiger partial charge in [-0.05, 0) is 45.2 Å². The molecule has 0 unspecified atom stereocenters. The van der Waals surface area contributed by atoms with Crippen molar-refractivity contribution in [2.75, 3.05) is 13.1 Å². The van der Waals surface area contributed by atoms with E-state index in [1.807, 2.05) is 12.3 Å². The second-order valence-corrected chi connectivity index (χ2v) is 7.74. The standard InChI is InChI=1S/C17H22N2O2S/c1-11-12(2)22-17(18-11)15-7-14-3-5-19(9-16(14)21-15)8-13-4-6-20-10-13/h4,6,10,14-16H,3,5,7-9H2,1-2H3/t14-,15+,16+/m1/s1. The van der Waals surface area contributed by atoms with Crippen LogP contribution < -0.4 is 0 Å². The van der Waals surface area contributed by atoms with Crippen molar-refractivity contribution in [1.82, 2.24) is 9.88 Å². The molecule has 22 heavy (non-hydrogen) atoms. The maximum atomic E-state index is 6.35. The Morgan fingerprint density at radius 2 is 2.32 bits per heavy atom. The summed E-state index contributed by atoms with van der Waals surface area (Å²) in [6.45, 7) is 7.37. The smallest absolute Gasteiger partial charge is 0.122 e. The summed E-state index contributed by atoms with van der Waals surface area (Å²) in [6, 6.07) is 2.05. The summed E-state index contributed by atoms with van der Waals surface area (Å²) in [4.78, 5) is 8.49. The number of rotatable bonds is 3. The van der Waals surface area contributed by atoms with Crippen LogP contribution in [0, 0.1) is 19.8 Å². The summed E-state index contributed by atoms with van der Waals surface area (Å²) in [5.74, 6) is 0.690. The Bertz CT molecular complexity index is 618. The van der Waals surface area contributed by atoms with Gasteiger partial charge < -0.3 is 9.15 Å². The molecule has 0 N–H and O–H groups in total. The van der Waals surface area contributed by atoms with E-state index in [2.05, 4.69) is 18.7 Å². The monoisotopic (exact) mass is 318 g/mol. The van der Waals surface area contributed by atoms with Crippen LogP contribution in [0.1, 0.15) is 40.1 Å². The number of hydrogen-bond acceptors (Lipinski definition) is 5. The highest BCUT2D eigenvalue weighted by atomic mass is 32.1. The number of nitrogens with zero attached hydrogens (tertiary/aromatic N) is 2. The van der Waals surface area contributed by atoms with Crippen molar-refractivity contribution in [2.24, 2.45) is 5.92 Å². The van der Waals surface area contributed by atoms with Crippen LogP contribution in [0.2, 0.25) is 0 Å². The van der Waals surface area contributed by atoms with Crippen LogP contribution in [-0.4, -0.2) is 29.1 Å². The lowest BCUT2D eigenvalue weighted by molar-refractivity contribution is -0.00945. The van der Waals surface area contributed by atoms with Crippen molar-refractivity contribution in [3.05, 3.63) is 39.7 Å². The first-order valence-corrected chi connectivity index (χ1v) is 8.83. The number of thiazole rings is 1. The highest BCUT2D eigenvalue weighted by Crippen LogP contribution is 2.42. The molecular formula is C17H22N2O2S. The maximum Gasteiger partial charge on any atom is 0.122 e. The van der Waals surface area contributed by atoms with Gasteiger partial charge in [0.2, 0.25) is 0 Å². The molecule has 2 aliphatic rings. The van der Waals surface area contributed by atoms with Crippen molar-refractivity contribution >= 4 is 11.3 Å². The van der Waals surface area contributed by atoms with E-state index in [-0.39, 0.29) is 6.10 Å². The Kier molecular flexibility index (Phi) is 3.80. The van der Waals surface area contributed by atoms with Gasteiger partial charge in [-0.15, -0.1) is 11.3 Å². The molecule has 0 spiro atoms. The molecule has 4 heterocycles. The molecule has 4 rings (SSSR count). The molecule has 0 aliphatic carbocycles. The summed E-state index contributed by atoms with van der Waals surface area (Å²) in [7, 11) is 0. The van der Waals surface area contributed by atoms with Crippen LogP contribution in [-0.2, 0) is 11.3 Å². The number of fused-ring (bicyclic) bond motifs is 1. The van der Waals surface area contributed by atoms with Crippen molar-refractivity contribution in [3.8, 4) is 0 Å². The largest absolute Gasteiger partial charge is 0.472 e. The SMILES string of the molecule is Cc1nc([C@@H]2C[C@H]3CCN(Cc4ccoc4)C[C@@H]3O2)sc1C. The zero-order valence-electron chi connectivity index (χ0n) is 13.1. The molecule has 0 saturated carbocycles. The van der Waals surface area contributed by atoms with E-state index in [0.29, 0.717) is 12.0 Å². The quantitative estimate of drug-likeness (QED) is 0.865. The van der Waals surface area contributed by atoms with Gasteiger partial charge in [-0.3, -0.25) is 4.90 Å². The van der Waals surface area contributed by atoms with E-state index in [0.717, 1.165) is 31.7 Å². The van der Waals surface area contributed by atoms with Crippen LogP contribution in [0.3, 0.4) is 0 Å². The second-order valence-electron chi connectivity index (χ2n) is 6.51. The minimum atomic E-state index is 0.210. The predicted octanol–water partition coefficient (Wildman–Crippen LogP) is 3.71. The minimum Gasteiger partial charge on any atom is -0.472 e. The minimum absolute atomic E-state index is 0.210. The van der Waals surface area contributed by atoms with E-state index in [4.69, 9.17) is 14.1 Å². The number of piperidine rings is 1. The highest BCUT2D eigenvalue weighted by Gasteiger charge is 2.40. The van der Waals surface area contributed by atoms with Crippen molar-refractivity contribution in [1.29, 1.82) is 0 Å². The van der Waals surface area contributed by atoms with Crippen molar-refractivity contribution in [2.45, 2.75) is 45.4 Å². The first-order chi connectivity index (χ1) is 10.7. The molecule has 2 aromatic rings. The van der Waals surface area contributed by atoms with E-state index in [1.54, 1.807) is 17.6 Å². The third-order valence-corrected chi connectivity index (χ3v) is 6.11. The number of likely N-dealkylation sites (tertiary alicyclic amines) is 1. The Hall–Kier alpha value is -1.17. The summed E-state index contributed by atoms with van der Waals surface area (Å²) in [5.41, 5.74) is 2.40. The molecule has 2 fully saturated rings. The molecule has 118 valence electrons. The lowest BCUT2D eigenvalue weighted by atomic mass is 9.91. The number of furan rings is 1. The van der Waals surface area contributed by atoms with Gasteiger partial charge in [-0.1, -0.05) is 0 Å². The van der Waals surface area contributed by atoms with Gasteiger partial charge in [0.25, 0.3) is 0 Å². The summed E-state index contributed by atoms with van der Waals surface area (Å²) >= 11 is 1.80. The zero-order chi connectivity index (χ0) is 15.1. The fraction of sp³-hybridized carbons (Fsp3) is 0.588. The second kappa shape index (κ2) is 5.80. The average molecular weight is 318 g/mol. The van der Waals surface area contributed by atoms with Crippen molar-refractivity contribution in [3.63, 3.8) is 0 Å². The Morgan fingerprint density at radius 3 is 3.05 bits per heavy atom. The molecule has 3 atom stereocenters. The van der Waals surface area contributed by atoms with Crippen LogP contribution in [0.4, 0.5) is 0 Å². The predicted molar refractivity (Wildman–Crippen MR) is 85.9 cm³/mol. The zero-order valence-corrected chi connectivity index (χ0v) is 13.9. The van der Waals surface area contributed by atoms with Crippen LogP contribution in [0.15, 0.2) is 23.0 Å². The molecule has 5 heteroatoms. The van der Waals surface area contributed by atoms with Gasteiger partial charge in [-0.2, -0.15) is 0 Å². The van der Waals surface area contributed by atoms with Gasteiger partial charge >= 0.3 is 0 Å². The van der Waals surface area contributed by atoms with Gasteiger partial charge in [0.1, 0.15) is 11.1 Å². The molecule has 0 radical (unpaired) electrons. The molecule has 2 aromatic heterocycles. The fourth-order valence-corrected chi connectivity index (χ4v) is 4.55. The third-order valence-electron chi connectivity index (χ3n) is 4.94. The average Bonchev–Trinajstić information content (AvgIpc) is 3.20. The van der Waals surface area contributed by atoms with Gasteiger partial charge in [-0.25, -0.2) is 4.98 Å². The summed E-state index contributed by atoms with van der Waals surface area (Å²) in [6.07, 6.45) is 6.51. The van der Waals surface area contributed by atoms with Gasteiger partial charge in [0.05, 0.1) is 24.3 Å². The number of aryl methyl sites for hydroxylation is 2. The maximum absolute atomic E-state index is 6.35. The lowest BCUT2D eigenvalue weighted by Gasteiger charge is -2.33. The van der Waals surface area contributed by atoms with E-state index in [9.17, 15) is 0 Å². The Labute approximate surface area is 135 Å². The highest BCUT2D eigenvalue weighted by molar-refractivity contribution is 7.11. The molecule has 2 saturated heterocycles. The summed E-state index contributed by atoms with van der Waals surface area (Å²) < 4.78 is 11.5. The van der Waals surface area contributed by atoms with Crippen molar-refractivity contribution < 1.29 is 9.15 Å². The number of ether oxygens (including phenoxy) is 1. The topological polar surface area (TPSA) is 38.5 Å². The first kappa shape index (κ1) is 14.4. The van der Waals surface area contributed by atoms with Gasteiger partial charge in [0.15, 0.2) is 0 Å². The summed E-state index contributed by atoms with van der Waals surface area (Å²) in [5, 5.41) is 1.17. The number of aromatic nitrogens is 1. The fourth-order valence-electron chi connectivity index (χ4n) is 3.57. The lowest BCUT2D eigenvalue weighted by Crippen LogP contribution is -2.41. The van der Waals surface area contributed by atoms with E-state index < -0.39 is 0 Å². The molecule has 2 aliphatic heterocycles. The molecule has 0 amide bonds. The number of hydrogen-bond donors (Lipinski definition) is 0. The third kappa shape index (κ3) is 2.73. The van der Waals surface area contributed by atoms with E-state index >= 15 is 0 Å².